The van der Waals surface area contributed by atoms with E-state index in [0.29, 0.717) is 12.8 Å². The predicted octanol–water partition coefficient (Wildman–Crippen LogP) is 6.83. The standard InChI is InChI=1S/C41H71O13P/c1-3-5-7-9-11-13-15-17-19-21-23-25-27-29-34(42)51-31-33(32-52-55(49,50)54-41-39(47)37(45)36(44)38(46)40(41)48)53-35(43)30-28-26-24-22-20-18-16-14-12-10-8-6-4-2/h6,8,12-15,18,20,33,36-41,44-48H,3-5,7,9-11,16-17,19,21-32H2,1-2H3,(H,49,50)/b8-6-,14-12-,15-13-,20-18-. The van der Waals surface area contributed by atoms with Crippen LogP contribution in [-0.4, -0.2) is 98.3 Å². The number of carbonyl (C=O) groups is 2. The van der Waals surface area contributed by atoms with Crippen LogP contribution in [0.25, 0.3) is 0 Å². The summed E-state index contributed by atoms with van der Waals surface area (Å²) in [4.78, 5) is 35.5. The van der Waals surface area contributed by atoms with Crippen LogP contribution in [0.2, 0.25) is 0 Å². The summed E-state index contributed by atoms with van der Waals surface area (Å²) in [6.07, 6.45) is 21.8. The van der Waals surface area contributed by atoms with Gasteiger partial charge in [0.05, 0.1) is 6.61 Å². The molecule has 0 aromatic rings. The number of ether oxygens (including phenoxy) is 2. The summed E-state index contributed by atoms with van der Waals surface area (Å²) in [5.74, 6) is -1.15. The number of carbonyl (C=O) groups excluding carboxylic acids is 2. The quantitative estimate of drug-likeness (QED) is 0.0179. The number of hydrogen-bond donors (Lipinski definition) is 6. The van der Waals surface area contributed by atoms with E-state index in [0.717, 1.165) is 77.0 Å². The van der Waals surface area contributed by atoms with Crippen LogP contribution < -0.4 is 0 Å². The molecule has 0 heterocycles. The molecule has 1 rings (SSSR count). The Morgan fingerprint density at radius 2 is 1.04 bits per heavy atom. The lowest BCUT2D eigenvalue weighted by Crippen LogP contribution is -2.64. The van der Waals surface area contributed by atoms with Gasteiger partial charge in [-0.3, -0.25) is 18.6 Å². The highest BCUT2D eigenvalue weighted by Gasteiger charge is 2.51. The number of phosphoric ester groups is 1. The first-order valence-electron chi connectivity index (χ1n) is 20.4. The van der Waals surface area contributed by atoms with E-state index in [1.54, 1.807) is 0 Å². The van der Waals surface area contributed by atoms with Gasteiger partial charge >= 0.3 is 19.8 Å². The Morgan fingerprint density at radius 1 is 0.582 bits per heavy atom. The van der Waals surface area contributed by atoms with Crippen LogP contribution in [0.5, 0.6) is 0 Å². The Hall–Kier alpha value is -2.19. The lowest BCUT2D eigenvalue weighted by molar-refractivity contribution is -0.220. The molecule has 6 atom stereocenters. The van der Waals surface area contributed by atoms with Gasteiger partial charge in [-0.25, -0.2) is 4.57 Å². The molecule has 6 unspecified atom stereocenters. The van der Waals surface area contributed by atoms with E-state index in [1.165, 1.54) is 25.7 Å². The molecular formula is C41H71O13P. The predicted molar refractivity (Wildman–Crippen MR) is 212 cm³/mol. The molecule has 1 aliphatic carbocycles. The molecular weight excluding hydrogens is 731 g/mol. The van der Waals surface area contributed by atoms with E-state index in [2.05, 4.69) is 62.5 Å². The van der Waals surface area contributed by atoms with Crippen LogP contribution in [-0.2, 0) is 32.7 Å². The van der Waals surface area contributed by atoms with Crippen LogP contribution in [0.1, 0.15) is 142 Å². The number of esters is 2. The molecule has 0 radical (unpaired) electrons. The van der Waals surface area contributed by atoms with Crippen LogP contribution >= 0.6 is 7.82 Å². The van der Waals surface area contributed by atoms with Crippen molar-refractivity contribution in [1.29, 1.82) is 0 Å². The number of rotatable bonds is 32. The first-order valence-corrected chi connectivity index (χ1v) is 21.9. The van der Waals surface area contributed by atoms with Gasteiger partial charge in [0.15, 0.2) is 6.10 Å². The zero-order valence-corrected chi connectivity index (χ0v) is 34.1. The number of hydrogen-bond acceptors (Lipinski definition) is 12. The number of unbranched alkanes of at least 4 members (excludes halogenated alkanes) is 12. The molecule has 1 fully saturated rings. The number of allylic oxidation sites excluding steroid dienone is 8. The third kappa shape index (κ3) is 24.9. The van der Waals surface area contributed by atoms with Crippen molar-refractivity contribution >= 4 is 19.8 Å². The van der Waals surface area contributed by atoms with Gasteiger partial charge in [-0.15, -0.1) is 0 Å². The molecule has 0 bridgehead atoms. The normalized spacial score (nSPS) is 23.6. The maximum atomic E-state index is 12.8. The number of aliphatic hydroxyl groups is 5. The Labute approximate surface area is 329 Å². The topological polar surface area (TPSA) is 210 Å². The molecule has 6 N–H and O–H groups in total. The van der Waals surface area contributed by atoms with Gasteiger partial charge in [0.1, 0.15) is 43.2 Å². The summed E-state index contributed by atoms with van der Waals surface area (Å²) in [6, 6.07) is 0. The molecule has 0 aromatic carbocycles. The van der Waals surface area contributed by atoms with Crippen molar-refractivity contribution in [2.45, 2.75) is 185 Å². The van der Waals surface area contributed by atoms with Crippen molar-refractivity contribution < 1.29 is 63.1 Å². The zero-order chi connectivity index (χ0) is 40.7. The highest BCUT2D eigenvalue weighted by molar-refractivity contribution is 7.47. The van der Waals surface area contributed by atoms with E-state index >= 15 is 0 Å². The lowest BCUT2D eigenvalue weighted by Gasteiger charge is -2.41. The van der Waals surface area contributed by atoms with Crippen LogP contribution in [0.15, 0.2) is 48.6 Å². The minimum absolute atomic E-state index is 0.0583. The second-order valence-corrected chi connectivity index (χ2v) is 15.5. The molecule has 0 amide bonds. The molecule has 13 nitrogen and oxygen atoms in total. The third-order valence-electron chi connectivity index (χ3n) is 9.15. The molecule has 55 heavy (non-hydrogen) atoms. The van der Waals surface area contributed by atoms with E-state index in [4.69, 9.17) is 18.5 Å². The summed E-state index contributed by atoms with van der Waals surface area (Å²) in [5, 5.41) is 50.0. The van der Waals surface area contributed by atoms with Crippen molar-refractivity contribution in [1.82, 2.24) is 0 Å². The fraction of sp³-hybridized carbons (Fsp3) is 0.756. The minimum Gasteiger partial charge on any atom is -0.462 e. The third-order valence-corrected chi connectivity index (χ3v) is 10.1. The number of phosphoric acid groups is 1. The lowest BCUT2D eigenvalue weighted by atomic mass is 9.85. The fourth-order valence-corrected chi connectivity index (χ4v) is 6.80. The first-order chi connectivity index (χ1) is 26.4. The second kappa shape index (κ2) is 31.8. The van der Waals surface area contributed by atoms with Crippen molar-refractivity contribution in [2.24, 2.45) is 0 Å². The van der Waals surface area contributed by atoms with Gasteiger partial charge in [0.25, 0.3) is 0 Å². The van der Waals surface area contributed by atoms with Gasteiger partial charge in [-0.05, 0) is 70.6 Å². The zero-order valence-electron chi connectivity index (χ0n) is 33.2. The van der Waals surface area contributed by atoms with Crippen molar-refractivity contribution in [3.05, 3.63) is 48.6 Å². The minimum atomic E-state index is -5.12. The largest absolute Gasteiger partial charge is 0.472 e. The van der Waals surface area contributed by atoms with Crippen molar-refractivity contribution in [3.63, 3.8) is 0 Å². The van der Waals surface area contributed by atoms with E-state index < -0.39 is 75.7 Å². The highest BCUT2D eigenvalue weighted by atomic mass is 31.2. The summed E-state index contributed by atoms with van der Waals surface area (Å²) in [7, 11) is -5.12. The Bertz CT molecular complexity index is 1160. The van der Waals surface area contributed by atoms with Crippen molar-refractivity contribution in [3.8, 4) is 0 Å². The molecule has 0 aromatic heterocycles. The van der Waals surface area contributed by atoms with Gasteiger partial charge in [-0.1, -0.05) is 107 Å². The average Bonchev–Trinajstić information content (AvgIpc) is 3.16. The summed E-state index contributed by atoms with van der Waals surface area (Å²) < 4.78 is 33.3. The van der Waals surface area contributed by atoms with Crippen LogP contribution in [0.3, 0.4) is 0 Å². The maximum absolute atomic E-state index is 12.8. The monoisotopic (exact) mass is 802 g/mol. The molecule has 1 aliphatic rings. The van der Waals surface area contributed by atoms with E-state index in [9.17, 15) is 44.6 Å². The van der Waals surface area contributed by atoms with E-state index in [-0.39, 0.29) is 12.8 Å². The molecule has 0 aliphatic heterocycles. The van der Waals surface area contributed by atoms with Gasteiger partial charge in [0.2, 0.25) is 0 Å². The first kappa shape index (κ1) is 50.8. The van der Waals surface area contributed by atoms with Crippen molar-refractivity contribution in [2.75, 3.05) is 13.2 Å². The molecule has 0 saturated heterocycles. The highest BCUT2D eigenvalue weighted by Crippen LogP contribution is 2.47. The average molecular weight is 803 g/mol. The molecule has 1 saturated carbocycles. The van der Waals surface area contributed by atoms with E-state index in [1.807, 2.05) is 0 Å². The Balaban J connectivity index is 2.55. The second-order valence-electron chi connectivity index (χ2n) is 14.1. The van der Waals surface area contributed by atoms with Gasteiger partial charge in [-0.2, -0.15) is 0 Å². The molecule has 318 valence electrons. The SMILES string of the molecule is CC/C=C\C/C=C\C/C=C\CCCCCC(=O)OC(COC(=O)CCCCCCC/C=C\CCCCCC)COP(=O)(O)OC1C(O)C(O)C(O)C(O)C1O. The summed E-state index contributed by atoms with van der Waals surface area (Å²) >= 11 is 0. The van der Waals surface area contributed by atoms with Gasteiger partial charge in [0, 0.05) is 12.8 Å². The summed E-state index contributed by atoms with van der Waals surface area (Å²) in [6.45, 7) is 3.10. The smallest absolute Gasteiger partial charge is 0.462 e. The molecule has 0 spiro atoms. The maximum Gasteiger partial charge on any atom is 0.472 e. The Kier molecular flexibility index (Phi) is 29.4. The number of aliphatic hydroxyl groups excluding tert-OH is 5. The van der Waals surface area contributed by atoms with Crippen LogP contribution in [0, 0.1) is 0 Å². The van der Waals surface area contributed by atoms with Crippen LogP contribution in [0.4, 0.5) is 0 Å². The fourth-order valence-electron chi connectivity index (χ4n) is 5.82. The summed E-state index contributed by atoms with van der Waals surface area (Å²) in [5.41, 5.74) is 0. The van der Waals surface area contributed by atoms with Gasteiger partial charge < -0.3 is 39.9 Å². The Morgan fingerprint density at radius 3 is 1.62 bits per heavy atom. The molecule has 14 heteroatoms.